The van der Waals surface area contributed by atoms with Crippen LogP contribution < -0.4 is 68.9 Å². The van der Waals surface area contributed by atoms with Crippen LogP contribution in [0, 0.1) is 34.6 Å². The van der Waals surface area contributed by atoms with Gasteiger partial charge in [0.25, 0.3) is 0 Å². The number of aromatic nitrogens is 3. The molecule has 278 valence electrons. The predicted octanol–water partition coefficient (Wildman–Crippen LogP) is -1.06. The molecular formula is C35H29F4N4Na2O8PS. The molecule has 5 rings (SSSR count). The molecule has 0 unspecified atom stereocenters. The number of hydrogen-bond donors (Lipinski definition) is 0. The van der Waals surface area contributed by atoms with Crippen molar-refractivity contribution in [1.82, 2.24) is 14.8 Å². The number of benzene rings is 3. The molecule has 12 nitrogen and oxygen atoms in total. The number of allylic oxidation sites excluding steroid dienone is 2. The van der Waals surface area contributed by atoms with Crippen molar-refractivity contribution in [3.8, 4) is 6.07 Å². The van der Waals surface area contributed by atoms with Crippen molar-refractivity contribution in [2.75, 3.05) is 13.2 Å². The molecule has 0 aliphatic carbocycles. The van der Waals surface area contributed by atoms with Crippen LogP contribution in [-0.4, -0.2) is 50.7 Å². The molecule has 0 saturated carbocycles. The molecule has 0 amide bonds. The van der Waals surface area contributed by atoms with Crippen LogP contribution in [0.4, 0.5) is 17.6 Å². The Hall–Kier alpha value is -2.66. The average molecular weight is 819 g/mol. The molecule has 2 heterocycles. The first kappa shape index (κ1) is 46.7. The molecule has 0 spiro atoms. The summed E-state index contributed by atoms with van der Waals surface area (Å²) >= 11 is 1.18. The molecule has 0 bridgehead atoms. The van der Waals surface area contributed by atoms with Gasteiger partial charge in [0.15, 0.2) is 11.9 Å². The average Bonchev–Trinajstić information content (AvgIpc) is 3.63. The van der Waals surface area contributed by atoms with E-state index in [9.17, 15) is 32.3 Å². The first-order valence-corrected chi connectivity index (χ1v) is 18.1. The molecular weight excluding hydrogens is 789 g/mol. The summed E-state index contributed by atoms with van der Waals surface area (Å²) in [6, 6.07) is 11.8. The third kappa shape index (κ3) is 12.7. The van der Waals surface area contributed by atoms with E-state index >= 15 is 4.39 Å². The number of carbonyl (C=O) groups excluding carboxylic acids is 1. The van der Waals surface area contributed by atoms with Crippen molar-refractivity contribution in [1.29, 1.82) is 5.26 Å². The first-order valence-electron chi connectivity index (χ1n) is 15.7. The van der Waals surface area contributed by atoms with Crippen LogP contribution in [0.1, 0.15) is 39.5 Å². The maximum atomic E-state index is 15.8. The summed E-state index contributed by atoms with van der Waals surface area (Å²) in [7, 11) is -5.59. The first-order chi connectivity index (χ1) is 25.3. The number of rotatable bonds is 14. The number of nitriles is 1. The summed E-state index contributed by atoms with van der Waals surface area (Å²) in [5.74, 6) is -4.88. The topological polar surface area (TPSA) is 172 Å². The molecule has 1 fully saturated rings. The van der Waals surface area contributed by atoms with Gasteiger partial charge in [-0.2, -0.15) is 10.4 Å². The summed E-state index contributed by atoms with van der Waals surface area (Å²) in [4.78, 5) is 40.2. The Morgan fingerprint density at radius 1 is 1.09 bits per heavy atom. The predicted molar refractivity (Wildman–Crippen MR) is 178 cm³/mol. The van der Waals surface area contributed by atoms with Crippen LogP contribution in [0.3, 0.4) is 0 Å². The number of thioether (sulfide) groups is 1. The third-order valence-corrected chi connectivity index (χ3v) is 9.85. The molecule has 55 heavy (non-hydrogen) atoms. The van der Waals surface area contributed by atoms with E-state index in [1.807, 2.05) is 6.07 Å². The van der Waals surface area contributed by atoms with E-state index in [4.69, 9.17) is 19.5 Å². The zero-order chi connectivity index (χ0) is 38.2. The molecule has 0 radical (unpaired) electrons. The minimum atomic E-state index is -5.59. The van der Waals surface area contributed by atoms with Gasteiger partial charge in [-0.1, -0.05) is 30.4 Å². The van der Waals surface area contributed by atoms with Crippen molar-refractivity contribution in [3.63, 3.8) is 0 Å². The molecule has 1 aliphatic rings. The second-order valence-electron chi connectivity index (χ2n) is 11.5. The fourth-order valence-corrected chi connectivity index (χ4v) is 7.03. The minimum Gasteiger partial charge on any atom is -0.790 e. The largest absolute Gasteiger partial charge is 1.00 e. The Labute approximate surface area is 361 Å². The summed E-state index contributed by atoms with van der Waals surface area (Å²) < 4.78 is 93.4. The fourth-order valence-electron chi connectivity index (χ4n) is 5.39. The van der Waals surface area contributed by atoms with Crippen molar-refractivity contribution in [2.24, 2.45) is 0 Å². The van der Waals surface area contributed by atoms with Crippen LogP contribution in [0.15, 0.2) is 85.5 Å². The molecule has 1 saturated heterocycles. The number of esters is 1. The zero-order valence-electron chi connectivity index (χ0n) is 29.6. The Morgan fingerprint density at radius 3 is 2.47 bits per heavy atom. The maximum absolute atomic E-state index is 15.8. The maximum Gasteiger partial charge on any atom is 1.00 e. The van der Waals surface area contributed by atoms with E-state index in [0.717, 1.165) is 36.4 Å². The molecule has 20 heteroatoms. The van der Waals surface area contributed by atoms with Gasteiger partial charge >= 0.3 is 65.1 Å². The smallest absolute Gasteiger partial charge is 0.790 e. The van der Waals surface area contributed by atoms with Crippen LogP contribution in [0.2, 0.25) is 0 Å². The second kappa shape index (κ2) is 21.2. The van der Waals surface area contributed by atoms with E-state index < -0.39 is 77.2 Å². The van der Waals surface area contributed by atoms with E-state index in [-0.39, 0.29) is 95.6 Å². The number of phosphoric acid groups is 1. The van der Waals surface area contributed by atoms with Crippen LogP contribution in [0.5, 0.6) is 0 Å². The van der Waals surface area contributed by atoms with Gasteiger partial charge in [-0.25, -0.2) is 32.0 Å². The number of halogens is 4. The Balaban J connectivity index is 0.00000406. The second-order valence-corrected chi connectivity index (χ2v) is 14.3. The standard InChI is InChI=1S/C35H31F4N4O8PS.2Na/c1-22(53-26-16-48-33(49-17-26)8-3-2-5-24-10-9-23(15-40)13-31(24)38)35(19-43-21-41-20-42-43,29-12-11-25(36)14-32(29)39)51-34(44)27-6-4-7-30(37)28(27)18-50-52(45,46)47;;/h2-14,20-22,26,33H,16-19H2,1H3,(H2,45,46,47);;/q;2*+1/p-2/b5-2+,8-3+;;/t22-,26-,33-,35-;;/m1../s1. The van der Waals surface area contributed by atoms with Crippen LogP contribution in [0.25, 0.3) is 6.08 Å². The third-order valence-electron chi connectivity index (χ3n) is 7.96. The summed E-state index contributed by atoms with van der Waals surface area (Å²) in [5.41, 5.74) is -2.95. The molecule has 4 aromatic rings. The van der Waals surface area contributed by atoms with Gasteiger partial charge in [-0.15, -0.1) is 11.8 Å². The monoisotopic (exact) mass is 818 g/mol. The summed E-state index contributed by atoms with van der Waals surface area (Å²) in [5, 5.41) is 11.7. The summed E-state index contributed by atoms with van der Waals surface area (Å²) in [6.07, 6.45) is 7.94. The van der Waals surface area contributed by atoms with E-state index in [1.54, 1.807) is 25.2 Å². The van der Waals surface area contributed by atoms with Crippen molar-refractivity contribution in [2.45, 2.75) is 42.5 Å². The van der Waals surface area contributed by atoms with Crippen molar-refractivity contribution < 1.29 is 115 Å². The van der Waals surface area contributed by atoms with Crippen LogP contribution >= 0.6 is 19.6 Å². The number of nitrogens with zero attached hydrogens (tertiary/aromatic N) is 4. The summed E-state index contributed by atoms with van der Waals surface area (Å²) in [6.45, 7) is 0.317. The molecule has 2 atom stereocenters. The number of ether oxygens (including phenoxy) is 3. The van der Waals surface area contributed by atoms with E-state index in [1.165, 1.54) is 47.3 Å². The van der Waals surface area contributed by atoms with Gasteiger partial charge in [-0.3, -0.25) is 0 Å². The van der Waals surface area contributed by atoms with Gasteiger partial charge in [0, 0.05) is 28.0 Å². The van der Waals surface area contributed by atoms with E-state index in [2.05, 4.69) is 14.6 Å². The van der Waals surface area contributed by atoms with Gasteiger partial charge < -0.3 is 33.1 Å². The van der Waals surface area contributed by atoms with E-state index in [0.29, 0.717) is 6.07 Å². The molecule has 1 aromatic heterocycles. The zero-order valence-corrected chi connectivity index (χ0v) is 35.4. The minimum absolute atomic E-state index is 0. The Morgan fingerprint density at radius 2 is 1.84 bits per heavy atom. The van der Waals surface area contributed by atoms with Gasteiger partial charge in [0.1, 0.15) is 35.9 Å². The quantitative estimate of drug-likeness (QED) is 0.0498. The number of carbonyl (C=O) groups is 1. The van der Waals surface area contributed by atoms with Gasteiger partial charge in [0.05, 0.1) is 56.6 Å². The van der Waals surface area contributed by atoms with Crippen LogP contribution in [-0.2, 0) is 42.1 Å². The fraction of sp³-hybridized carbons (Fsp3) is 0.257. The number of phosphoric ester groups is 1. The SMILES string of the molecule is C[C@@H](S[C@H]1CO[C@H](/C=C/C=C/c2ccc(C#N)cc2F)OC1)[C@@](Cn1cncn1)(OC(=O)c1cccc(F)c1COP(=O)([O-])[O-])c1ccc(F)cc1F.[Na+].[Na+]. The molecule has 0 N–H and O–H groups in total. The van der Waals surface area contributed by atoms with Gasteiger partial charge in [0.2, 0.25) is 0 Å². The van der Waals surface area contributed by atoms with Crippen molar-refractivity contribution in [3.05, 3.63) is 137 Å². The van der Waals surface area contributed by atoms with Gasteiger partial charge in [-0.05, 0) is 49.4 Å². The molecule has 3 aromatic carbocycles. The Kier molecular flexibility index (Phi) is 18.0. The Bertz CT molecular complexity index is 2080. The van der Waals surface area contributed by atoms with Crippen molar-refractivity contribution >= 4 is 31.6 Å². The molecule has 1 aliphatic heterocycles. The number of hydrogen-bond acceptors (Lipinski definition) is 12. The normalized spacial score (nSPS) is 17.5.